The number of hydrogen-bond acceptors (Lipinski definition) is 2. The maximum absolute atomic E-state index is 13.4. The molecule has 2 rings (SSSR count). The van der Waals surface area contributed by atoms with Gasteiger partial charge in [-0.15, -0.1) is 0 Å². The molecule has 0 saturated carbocycles. The minimum Gasteiger partial charge on any atom is -0.320 e. The summed E-state index contributed by atoms with van der Waals surface area (Å²) in [4.78, 5) is 15.7. The van der Waals surface area contributed by atoms with Gasteiger partial charge >= 0.3 is 0 Å². The number of amides is 1. The lowest BCUT2D eigenvalue weighted by molar-refractivity contribution is 0.102. The van der Waals surface area contributed by atoms with Crippen molar-refractivity contribution in [3.63, 3.8) is 0 Å². The van der Waals surface area contributed by atoms with Gasteiger partial charge in [0.1, 0.15) is 16.8 Å². The quantitative estimate of drug-likeness (QED) is 0.856. The SMILES string of the molecule is Cc1cc(NC(=O)c2cc(F)ccc2F)cnc1Cl. The summed E-state index contributed by atoms with van der Waals surface area (Å²) in [6, 6.07) is 4.26. The van der Waals surface area contributed by atoms with Crippen LogP contribution in [0.2, 0.25) is 5.15 Å². The molecule has 19 heavy (non-hydrogen) atoms. The molecule has 0 aliphatic rings. The van der Waals surface area contributed by atoms with E-state index in [0.29, 0.717) is 16.4 Å². The second-order valence-corrected chi connectivity index (χ2v) is 4.27. The van der Waals surface area contributed by atoms with Crippen molar-refractivity contribution in [2.45, 2.75) is 6.92 Å². The van der Waals surface area contributed by atoms with Gasteiger partial charge in [-0.1, -0.05) is 11.6 Å². The zero-order valence-electron chi connectivity index (χ0n) is 9.88. The molecule has 0 bridgehead atoms. The van der Waals surface area contributed by atoms with E-state index in [1.165, 1.54) is 6.20 Å². The van der Waals surface area contributed by atoms with Crippen molar-refractivity contribution in [3.05, 3.63) is 58.4 Å². The molecule has 0 atom stereocenters. The predicted octanol–water partition coefficient (Wildman–Crippen LogP) is 3.57. The number of halogens is 3. The molecule has 0 fully saturated rings. The third-order valence-electron chi connectivity index (χ3n) is 2.45. The number of carbonyl (C=O) groups excluding carboxylic acids is 1. The summed E-state index contributed by atoms with van der Waals surface area (Å²) in [6.07, 6.45) is 1.34. The number of nitrogens with one attached hydrogen (secondary N) is 1. The van der Waals surface area contributed by atoms with Gasteiger partial charge in [-0.2, -0.15) is 0 Å². The second kappa shape index (κ2) is 5.32. The minimum absolute atomic E-state index is 0.315. The number of rotatable bonds is 2. The van der Waals surface area contributed by atoms with Crippen LogP contribution in [-0.4, -0.2) is 10.9 Å². The Morgan fingerprint density at radius 1 is 1.32 bits per heavy atom. The van der Waals surface area contributed by atoms with Crippen molar-refractivity contribution in [2.24, 2.45) is 0 Å². The summed E-state index contributed by atoms with van der Waals surface area (Å²) in [5, 5.41) is 2.74. The third kappa shape index (κ3) is 3.06. The first-order chi connectivity index (χ1) is 8.97. The molecule has 0 unspecified atom stereocenters. The van der Waals surface area contributed by atoms with Crippen LogP contribution in [0.5, 0.6) is 0 Å². The Balaban J connectivity index is 2.25. The summed E-state index contributed by atoms with van der Waals surface area (Å²) < 4.78 is 26.4. The standard InChI is InChI=1S/C13H9ClF2N2O/c1-7-4-9(6-17-12(7)14)18-13(19)10-5-8(15)2-3-11(10)16/h2-6H,1H3,(H,18,19). The third-order valence-corrected chi connectivity index (χ3v) is 2.84. The fourth-order valence-corrected chi connectivity index (χ4v) is 1.60. The highest BCUT2D eigenvalue weighted by atomic mass is 35.5. The van der Waals surface area contributed by atoms with Gasteiger partial charge in [-0.3, -0.25) is 4.79 Å². The number of pyridine rings is 1. The first-order valence-corrected chi connectivity index (χ1v) is 5.73. The minimum atomic E-state index is -0.794. The van der Waals surface area contributed by atoms with Gasteiger partial charge in [0, 0.05) is 0 Å². The Labute approximate surface area is 113 Å². The second-order valence-electron chi connectivity index (χ2n) is 3.91. The van der Waals surface area contributed by atoms with Crippen LogP contribution in [0.15, 0.2) is 30.5 Å². The van der Waals surface area contributed by atoms with Crippen LogP contribution >= 0.6 is 11.6 Å². The summed E-state index contributed by atoms with van der Waals surface area (Å²) >= 11 is 5.75. The van der Waals surface area contributed by atoms with E-state index in [9.17, 15) is 13.6 Å². The van der Waals surface area contributed by atoms with Gasteiger partial charge in [0.25, 0.3) is 5.91 Å². The van der Waals surface area contributed by atoms with Crippen molar-refractivity contribution in [1.29, 1.82) is 0 Å². The van der Waals surface area contributed by atoms with Gasteiger partial charge in [0.05, 0.1) is 17.4 Å². The van der Waals surface area contributed by atoms with E-state index in [1.54, 1.807) is 13.0 Å². The fourth-order valence-electron chi connectivity index (χ4n) is 1.50. The molecule has 0 radical (unpaired) electrons. The number of hydrogen-bond donors (Lipinski definition) is 1. The molecule has 0 saturated heterocycles. The van der Waals surface area contributed by atoms with Crippen LogP contribution in [0.4, 0.5) is 14.5 Å². The van der Waals surface area contributed by atoms with Crippen molar-refractivity contribution >= 4 is 23.2 Å². The van der Waals surface area contributed by atoms with Crippen LogP contribution in [0, 0.1) is 18.6 Å². The average Bonchev–Trinajstić information content (AvgIpc) is 2.36. The molecular formula is C13H9ClF2N2O. The van der Waals surface area contributed by atoms with Crippen LogP contribution < -0.4 is 5.32 Å². The zero-order valence-corrected chi connectivity index (χ0v) is 10.6. The molecule has 1 heterocycles. The van der Waals surface area contributed by atoms with E-state index in [-0.39, 0.29) is 5.56 Å². The Morgan fingerprint density at radius 2 is 2.05 bits per heavy atom. The van der Waals surface area contributed by atoms with Crippen molar-refractivity contribution < 1.29 is 13.6 Å². The molecule has 1 N–H and O–H groups in total. The smallest absolute Gasteiger partial charge is 0.258 e. The summed E-state index contributed by atoms with van der Waals surface area (Å²) in [5.41, 5.74) is 0.655. The lowest BCUT2D eigenvalue weighted by atomic mass is 10.2. The molecule has 98 valence electrons. The lowest BCUT2D eigenvalue weighted by Gasteiger charge is -2.07. The topological polar surface area (TPSA) is 42.0 Å². The first kappa shape index (κ1) is 13.4. The van der Waals surface area contributed by atoms with E-state index in [2.05, 4.69) is 10.3 Å². The van der Waals surface area contributed by atoms with E-state index in [0.717, 1.165) is 18.2 Å². The summed E-state index contributed by atoms with van der Waals surface area (Å²) in [6.45, 7) is 1.72. The normalized spacial score (nSPS) is 10.3. The number of aromatic nitrogens is 1. The largest absolute Gasteiger partial charge is 0.320 e. The maximum atomic E-state index is 13.4. The highest BCUT2D eigenvalue weighted by Crippen LogP contribution is 2.17. The molecule has 0 spiro atoms. The van der Waals surface area contributed by atoms with Gasteiger partial charge in [-0.25, -0.2) is 13.8 Å². The Hall–Kier alpha value is -2.01. The molecule has 1 aromatic carbocycles. The molecule has 1 amide bonds. The van der Waals surface area contributed by atoms with Gasteiger partial charge in [-0.05, 0) is 36.8 Å². The summed E-state index contributed by atoms with van der Waals surface area (Å²) in [7, 11) is 0. The highest BCUT2D eigenvalue weighted by Gasteiger charge is 2.13. The Morgan fingerprint density at radius 3 is 2.74 bits per heavy atom. The monoisotopic (exact) mass is 282 g/mol. The number of carbonyl (C=O) groups is 1. The molecule has 6 heteroatoms. The molecule has 0 aliphatic heterocycles. The van der Waals surface area contributed by atoms with Crippen molar-refractivity contribution in [1.82, 2.24) is 4.98 Å². The zero-order chi connectivity index (χ0) is 14.0. The molecular weight excluding hydrogens is 274 g/mol. The van der Waals surface area contributed by atoms with E-state index >= 15 is 0 Å². The Bertz CT molecular complexity index is 647. The maximum Gasteiger partial charge on any atom is 0.258 e. The molecule has 1 aromatic heterocycles. The number of benzene rings is 1. The molecule has 3 nitrogen and oxygen atoms in total. The van der Waals surface area contributed by atoms with Crippen LogP contribution in [-0.2, 0) is 0 Å². The van der Waals surface area contributed by atoms with Gasteiger partial charge < -0.3 is 5.32 Å². The highest BCUT2D eigenvalue weighted by molar-refractivity contribution is 6.30. The van der Waals surface area contributed by atoms with Crippen molar-refractivity contribution in [3.8, 4) is 0 Å². The average molecular weight is 283 g/mol. The van der Waals surface area contributed by atoms with Gasteiger partial charge in [0.15, 0.2) is 0 Å². The van der Waals surface area contributed by atoms with E-state index in [1.807, 2.05) is 0 Å². The van der Waals surface area contributed by atoms with E-state index < -0.39 is 17.5 Å². The van der Waals surface area contributed by atoms with Crippen LogP contribution in [0.25, 0.3) is 0 Å². The van der Waals surface area contributed by atoms with Crippen LogP contribution in [0.3, 0.4) is 0 Å². The van der Waals surface area contributed by atoms with Gasteiger partial charge in [0.2, 0.25) is 0 Å². The summed E-state index contributed by atoms with van der Waals surface area (Å²) in [5.74, 6) is -2.23. The number of anilines is 1. The molecule has 0 aliphatic carbocycles. The van der Waals surface area contributed by atoms with Crippen LogP contribution in [0.1, 0.15) is 15.9 Å². The first-order valence-electron chi connectivity index (χ1n) is 5.36. The number of nitrogens with zero attached hydrogens (tertiary/aromatic N) is 1. The fraction of sp³-hybridized carbons (Fsp3) is 0.0769. The Kier molecular flexibility index (Phi) is 3.76. The van der Waals surface area contributed by atoms with E-state index in [4.69, 9.17) is 11.6 Å². The molecule has 2 aromatic rings. The lowest BCUT2D eigenvalue weighted by Crippen LogP contribution is -2.14. The number of aryl methyl sites for hydroxylation is 1. The predicted molar refractivity (Wildman–Crippen MR) is 68.3 cm³/mol. The van der Waals surface area contributed by atoms with Crippen molar-refractivity contribution in [2.75, 3.05) is 5.32 Å².